The molecule has 1 rings (SSSR count). The van der Waals surface area contributed by atoms with Crippen molar-refractivity contribution in [1.82, 2.24) is 15.2 Å². The number of nitrogens with zero attached hydrogens (tertiary/aromatic N) is 2. The molecular formula is C8H16N4O. The lowest BCUT2D eigenvalue weighted by Gasteiger charge is -1.96. The van der Waals surface area contributed by atoms with Gasteiger partial charge in [-0.1, -0.05) is 6.92 Å². The Hall–Kier alpha value is -0.940. The molecule has 0 bridgehead atoms. The monoisotopic (exact) mass is 184 g/mol. The number of rotatable bonds is 6. The summed E-state index contributed by atoms with van der Waals surface area (Å²) in [6.07, 6.45) is 1.97. The zero-order chi connectivity index (χ0) is 9.52. The number of aryl methyl sites for hydroxylation is 1. The lowest BCUT2D eigenvalue weighted by Crippen LogP contribution is -2.08. The second-order valence-corrected chi connectivity index (χ2v) is 2.79. The lowest BCUT2D eigenvalue weighted by atomic mass is 10.3. The molecule has 1 aromatic heterocycles. The Kier molecular flexibility index (Phi) is 4.42. The van der Waals surface area contributed by atoms with Gasteiger partial charge in [-0.2, -0.15) is 5.10 Å². The van der Waals surface area contributed by atoms with Crippen molar-refractivity contribution in [3.05, 3.63) is 11.6 Å². The quantitative estimate of drug-likeness (QED) is 0.620. The maximum absolute atomic E-state index is 5.27. The van der Waals surface area contributed by atoms with Crippen molar-refractivity contribution in [3.63, 3.8) is 0 Å². The normalized spacial score (nSPS) is 10.6. The number of hydrogen-bond donors (Lipinski definition) is 2. The summed E-state index contributed by atoms with van der Waals surface area (Å²) >= 11 is 0. The highest BCUT2D eigenvalue weighted by Gasteiger charge is 2.01. The number of nitrogens with one attached hydrogen (secondary N) is 1. The largest absolute Gasteiger partial charge is 0.372 e. The average Bonchev–Trinajstić information content (AvgIpc) is 2.54. The van der Waals surface area contributed by atoms with Crippen LogP contribution in [0.5, 0.6) is 0 Å². The Morgan fingerprint density at radius 3 is 3.08 bits per heavy atom. The Labute approximate surface area is 77.7 Å². The van der Waals surface area contributed by atoms with Crippen molar-refractivity contribution < 1.29 is 4.74 Å². The summed E-state index contributed by atoms with van der Waals surface area (Å²) in [5, 5.41) is 6.86. The standard InChI is InChI=1S/C8H16N4O/c1-2-3-7-10-8(12-11-7)6-13-5-4-9/h2-6,9H2,1H3,(H,10,11,12). The Morgan fingerprint density at radius 1 is 1.54 bits per heavy atom. The molecule has 0 radical (unpaired) electrons. The van der Waals surface area contributed by atoms with Gasteiger partial charge in [-0.05, 0) is 6.42 Å². The van der Waals surface area contributed by atoms with E-state index in [0.29, 0.717) is 19.8 Å². The SMILES string of the molecule is CCCc1n[nH]c(COCCN)n1. The van der Waals surface area contributed by atoms with Crippen molar-refractivity contribution >= 4 is 0 Å². The minimum Gasteiger partial charge on any atom is -0.372 e. The van der Waals surface area contributed by atoms with Crippen molar-refractivity contribution in [2.45, 2.75) is 26.4 Å². The van der Waals surface area contributed by atoms with E-state index in [2.05, 4.69) is 22.1 Å². The molecule has 0 spiro atoms. The molecule has 0 saturated carbocycles. The molecule has 0 fully saturated rings. The number of aromatic amines is 1. The molecule has 13 heavy (non-hydrogen) atoms. The van der Waals surface area contributed by atoms with Gasteiger partial charge in [0, 0.05) is 13.0 Å². The molecule has 0 amide bonds. The first-order chi connectivity index (χ1) is 6.36. The molecular weight excluding hydrogens is 168 g/mol. The minimum absolute atomic E-state index is 0.466. The van der Waals surface area contributed by atoms with E-state index < -0.39 is 0 Å². The van der Waals surface area contributed by atoms with Crippen LogP contribution in [-0.2, 0) is 17.8 Å². The first-order valence-corrected chi connectivity index (χ1v) is 4.54. The summed E-state index contributed by atoms with van der Waals surface area (Å²) in [5.74, 6) is 1.63. The van der Waals surface area contributed by atoms with Gasteiger partial charge in [0.15, 0.2) is 11.6 Å². The third kappa shape index (κ3) is 3.52. The molecule has 0 unspecified atom stereocenters. The van der Waals surface area contributed by atoms with Gasteiger partial charge in [-0.25, -0.2) is 4.98 Å². The molecule has 74 valence electrons. The molecule has 0 aliphatic rings. The maximum Gasteiger partial charge on any atom is 0.150 e. The van der Waals surface area contributed by atoms with Crippen LogP contribution in [0.25, 0.3) is 0 Å². The van der Waals surface area contributed by atoms with E-state index in [1.54, 1.807) is 0 Å². The summed E-state index contributed by atoms with van der Waals surface area (Å²) in [5.41, 5.74) is 5.27. The zero-order valence-electron chi connectivity index (χ0n) is 7.92. The predicted molar refractivity (Wildman–Crippen MR) is 49.1 cm³/mol. The van der Waals surface area contributed by atoms with Gasteiger partial charge in [0.2, 0.25) is 0 Å². The van der Waals surface area contributed by atoms with E-state index in [4.69, 9.17) is 10.5 Å². The summed E-state index contributed by atoms with van der Waals surface area (Å²) in [6, 6.07) is 0. The maximum atomic E-state index is 5.27. The fourth-order valence-electron chi connectivity index (χ4n) is 0.987. The number of aromatic nitrogens is 3. The first kappa shape index (κ1) is 10.1. The summed E-state index contributed by atoms with van der Waals surface area (Å²) in [4.78, 5) is 4.24. The predicted octanol–water partition coefficient (Wildman–Crippen LogP) is 0.232. The van der Waals surface area contributed by atoms with E-state index in [0.717, 1.165) is 24.5 Å². The molecule has 3 N–H and O–H groups in total. The first-order valence-electron chi connectivity index (χ1n) is 4.54. The van der Waals surface area contributed by atoms with Gasteiger partial charge >= 0.3 is 0 Å². The van der Waals surface area contributed by atoms with Gasteiger partial charge in [0.1, 0.15) is 6.61 Å². The molecule has 1 heterocycles. The number of ether oxygens (including phenoxy) is 1. The molecule has 0 aromatic carbocycles. The number of nitrogens with two attached hydrogens (primary N) is 1. The lowest BCUT2D eigenvalue weighted by molar-refractivity contribution is 0.123. The third-order valence-electron chi connectivity index (χ3n) is 1.55. The number of H-pyrrole nitrogens is 1. The van der Waals surface area contributed by atoms with Crippen molar-refractivity contribution in [2.24, 2.45) is 5.73 Å². The zero-order valence-corrected chi connectivity index (χ0v) is 7.92. The summed E-state index contributed by atoms with van der Waals surface area (Å²) < 4.78 is 5.20. The van der Waals surface area contributed by atoms with Crippen LogP contribution < -0.4 is 5.73 Å². The van der Waals surface area contributed by atoms with Crippen LogP contribution in [0.2, 0.25) is 0 Å². The van der Waals surface area contributed by atoms with Gasteiger partial charge in [0.25, 0.3) is 0 Å². The van der Waals surface area contributed by atoms with E-state index in [9.17, 15) is 0 Å². The molecule has 0 atom stereocenters. The second-order valence-electron chi connectivity index (χ2n) is 2.79. The Morgan fingerprint density at radius 2 is 2.38 bits per heavy atom. The molecule has 0 saturated heterocycles. The van der Waals surface area contributed by atoms with E-state index in [1.807, 2.05) is 0 Å². The topological polar surface area (TPSA) is 76.8 Å². The van der Waals surface area contributed by atoms with Crippen LogP contribution in [0.3, 0.4) is 0 Å². The Bertz CT molecular complexity index is 236. The number of hydrogen-bond acceptors (Lipinski definition) is 4. The van der Waals surface area contributed by atoms with E-state index >= 15 is 0 Å². The highest BCUT2D eigenvalue weighted by Crippen LogP contribution is 1.97. The van der Waals surface area contributed by atoms with Gasteiger partial charge < -0.3 is 10.5 Å². The van der Waals surface area contributed by atoms with Crippen molar-refractivity contribution in [3.8, 4) is 0 Å². The minimum atomic E-state index is 0.466. The highest BCUT2D eigenvalue weighted by molar-refractivity contribution is 4.88. The van der Waals surface area contributed by atoms with Crippen molar-refractivity contribution in [1.29, 1.82) is 0 Å². The smallest absolute Gasteiger partial charge is 0.150 e. The van der Waals surface area contributed by atoms with Crippen LogP contribution in [0.15, 0.2) is 0 Å². The van der Waals surface area contributed by atoms with Gasteiger partial charge in [0.05, 0.1) is 6.61 Å². The van der Waals surface area contributed by atoms with E-state index in [1.165, 1.54) is 0 Å². The highest BCUT2D eigenvalue weighted by atomic mass is 16.5. The molecule has 5 heteroatoms. The molecule has 0 aliphatic heterocycles. The second kappa shape index (κ2) is 5.66. The summed E-state index contributed by atoms with van der Waals surface area (Å²) in [7, 11) is 0. The molecule has 0 aliphatic carbocycles. The van der Waals surface area contributed by atoms with Crippen LogP contribution in [0, 0.1) is 0 Å². The van der Waals surface area contributed by atoms with Crippen molar-refractivity contribution in [2.75, 3.05) is 13.2 Å². The fraction of sp³-hybridized carbons (Fsp3) is 0.750. The van der Waals surface area contributed by atoms with E-state index in [-0.39, 0.29) is 0 Å². The van der Waals surface area contributed by atoms with Crippen LogP contribution in [-0.4, -0.2) is 28.3 Å². The fourth-order valence-corrected chi connectivity index (χ4v) is 0.987. The van der Waals surface area contributed by atoms with Crippen LogP contribution in [0.1, 0.15) is 25.0 Å². The molecule has 1 aromatic rings. The average molecular weight is 184 g/mol. The van der Waals surface area contributed by atoms with Gasteiger partial charge in [-0.15, -0.1) is 0 Å². The van der Waals surface area contributed by atoms with Crippen LogP contribution in [0.4, 0.5) is 0 Å². The molecule has 5 nitrogen and oxygen atoms in total. The third-order valence-corrected chi connectivity index (χ3v) is 1.55. The summed E-state index contributed by atoms with van der Waals surface area (Å²) in [6.45, 7) is 3.66. The Balaban J connectivity index is 2.31. The van der Waals surface area contributed by atoms with Crippen LogP contribution >= 0.6 is 0 Å². The van der Waals surface area contributed by atoms with Gasteiger partial charge in [-0.3, -0.25) is 5.10 Å².